The van der Waals surface area contributed by atoms with Crippen LogP contribution in [0.25, 0.3) is 0 Å². The van der Waals surface area contributed by atoms with Crippen molar-refractivity contribution in [3.05, 3.63) is 17.5 Å². The SMILES string of the molecule is CC(CNC(=O)c1cc(C2CCCC2)nn1C)C1CCCCC1. The average molecular weight is 317 g/mol. The lowest BCUT2D eigenvalue weighted by atomic mass is 9.81. The molecule has 1 atom stereocenters. The highest BCUT2D eigenvalue weighted by Gasteiger charge is 2.24. The van der Waals surface area contributed by atoms with E-state index in [1.165, 1.54) is 57.8 Å². The van der Waals surface area contributed by atoms with Crippen LogP contribution in [0.2, 0.25) is 0 Å². The molecule has 1 N–H and O–H groups in total. The van der Waals surface area contributed by atoms with Crippen molar-refractivity contribution >= 4 is 5.91 Å². The van der Waals surface area contributed by atoms with Crippen LogP contribution in [0.3, 0.4) is 0 Å². The van der Waals surface area contributed by atoms with Crippen molar-refractivity contribution in [3.63, 3.8) is 0 Å². The molecule has 1 aromatic heterocycles. The summed E-state index contributed by atoms with van der Waals surface area (Å²) in [5.41, 5.74) is 1.82. The van der Waals surface area contributed by atoms with Gasteiger partial charge in [0.1, 0.15) is 5.69 Å². The van der Waals surface area contributed by atoms with Gasteiger partial charge in [0.2, 0.25) is 0 Å². The second-order valence-corrected chi connectivity index (χ2v) is 7.64. The summed E-state index contributed by atoms with van der Waals surface area (Å²) in [5.74, 6) is 1.95. The van der Waals surface area contributed by atoms with Crippen LogP contribution < -0.4 is 5.32 Å². The molecule has 4 heteroatoms. The van der Waals surface area contributed by atoms with E-state index in [0.717, 1.165) is 18.2 Å². The number of carbonyl (C=O) groups is 1. The molecular weight excluding hydrogens is 286 g/mol. The van der Waals surface area contributed by atoms with Gasteiger partial charge in [0, 0.05) is 19.5 Å². The smallest absolute Gasteiger partial charge is 0.269 e. The third-order valence-electron chi connectivity index (χ3n) is 5.94. The van der Waals surface area contributed by atoms with Crippen molar-refractivity contribution in [2.24, 2.45) is 18.9 Å². The number of hydrogen-bond acceptors (Lipinski definition) is 2. The molecule has 1 aromatic rings. The van der Waals surface area contributed by atoms with E-state index in [9.17, 15) is 4.79 Å². The van der Waals surface area contributed by atoms with Gasteiger partial charge in [0.25, 0.3) is 5.91 Å². The van der Waals surface area contributed by atoms with Crippen molar-refractivity contribution in [1.82, 2.24) is 15.1 Å². The van der Waals surface area contributed by atoms with Crippen LogP contribution in [0, 0.1) is 11.8 Å². The van der Waals surface area contributed by atoms with Crippen LogP contribution in [-0.2, 0) is 7.05 Å². The highest BCUT2D eigenvalue weighted by atomic mass is 16.2. The Hall–Kier alpha value is -1.32. The van der Waals surface area contributed by atoms with E-state index in [1.54, 1.807) is 4.68 Å². The minimum absolute atomic E-state index is 0.0342. The number of nitrogens with zero attached hydrogens (tertiary/aromatic N) is 2. The molecule has 2 fully saturated rings. The molecule has 2 saturated carbocycles. The molecular formula is C19H31N3O. The summed E-state index contributed by atoms with van der Waals surface area (Å²) in [4.78, 5) is 12.5. The Labute approximate surface area is 140 Å². The summed E-state index contributed by atoms with van der Waals surface area (Å²) in [6, 6.07) is 2.01. The van der Waals surface area contributed by atoms with E-state index in [4.69, 9.17) is 0 Å². The van der Waals surface area contributed by atoms with E-state index in [2.05, 4.69) is 17.3 Å². The summed E-state index contributed by atoms with van der Waals surface area (Å²) in [7, 11) is 1.89. The van der Waals surface area contributed by atoms with Crippen LogP contribution in [0.5, 0.6) is 0 Å². The lowest BCUT2D eigenvalue weighted by Gasteiger charge is -2.27. The maximum absolute atomic E-state index is 12.5. The van der Waals surface area contributed by atoms with E-state index in [0.29, 0.717) is 17.5 Å². The van der Waals surface area contributed by atoms with Crippen LogP contribution in [-0.4, -0.2) is 22.2 Å². The Morgan fingerprint density at radius 1 is 1.22 bits per heavy atom. The van der Waals surface area contributed by atoms with Gasteiger partial charge in [-0.3, -0.25) is 9.48 Å². The quantitative estimate of drug-likeness (QED) is 0.891. The number of aromatic nitrogens is 2. The van der Waals surface area contributed by atoms with Gasteiger partial charge in [-0.1, -0.05) is 51.9 Å². The molecule has 3 rings (SSSR count). The molecule has 23 heavy (non-hydrogen) atoms. The molecule has 0 bridgehead atoms. The van der Waals surface area contributed by atoms with E-state index >= 15 is 0 Å². The normalized spacial score (nSPS) is 21.5. The molecule has 2 aliphatic carbocycles. The van der Waals surface area contributed by atoms with Gasteiger partial charge < -0.3 is 5.32 Å². The summed E-state index contributed by atoms with van der Waals surface area (Å²) in [5, 5.41) is 7.73. The predicted molar refractivity (Wildman–Crippen MR) is 92.5 cm³/mol. The van der Waals surface area contributed by atoms with E-state index in [-0.39, 0.29) is 5.91 Å². The van der Waals surface area contributed by atoms with Crippen LogP contribution in [0.4, 0.5) is 0 Å². The lowest BCUT2D eigenvalue weighted by molar-refractivity contribution is 0.0930. The molecule has 2 aliphatic rings. The average Bonchev–Trinajstić information content (AvgIpc) is 3.22. The van der Waals surface area contributed by atoms with Gasteiger partial charge >= 0.3 is 0 Å². The fraction of sp³-hybridized carbons (Fsp3) is 0.789. The summed E-state index contributed by atoms with van der Waals surface area (Å²) >= 11 is 0. The largest absolute Gasteiger partial charge is 0.350 e. The highest BCUT2D eigenvalue weighted by molar-refractivity contribution is 5.92. The van der Waals surface area contributed by atoms with E-state index < -0.39 is 0 Å². The zero-order valence-corrected chi connectivity index (χ0v) is 14.7. The van der Waals surface area contributed by atoms with Crippen molar-refractivity contribution in [3.8, 4) is 0 Å². The maximum atomic E-state index is 12.5. The molecule has 0 radical (unpaired) electrons. The predicted octanol–water partition coefficient (Wildman–Crippen LogP) is 4.02. The number of aryl methyl sites for hydroxylation is 1. The van der Waals surface area contributed by atoms with Crippen LogP contribution in [0.1, 0.15) is 86.8 Å². The Kier molecular flexibility index (Phi) is 5.39. The minimum atomic E-state index is 0.0342. The first-order chi connectivity index (χ1) is 11.1. The number of hydrogen-bond donors (Lipinski definition) is 1. The van der Waals surface area contributed by atoms with Crippen molar-refractivity contribution < 1.29 is 4.79 Å². The standard InChI is InChI=1S/C19H31N3O/c1-14(15-8-4-3-5-9-15)13-20-19(23)18-12-17(21-22(18)2)16-10-6-7-11-16/h12,14-16H,3-11,13H2,1-2H3,(H,20,23). The monoisotopic (exact) mass is 317 g/mol. The molecule has 1 unspecified atom stereocenters. The van der Waals surface area contributed by atoms with Gasteiger partial charge in [-0.05, 0) is 30.7 Å². The Balaban J connectivity index is 1.55. The van der Waals surface area contributed by atoms with Crippen molar-refractivity contribution in [1.29, 1.82) is 0 Å². The minimum Gasteiger partial charge on any atom is -0.350 e. The summed E-state index contributed by atoms with van der Waals surface area (Å²) in [6.07, 6.45) is 11.8. The van der Waals surface area contributed by atoms with Gasteiger partial charge in [0.15, 0.2) is 0 Å². The first-order valence-corrected chi connectivity index (χ1v) is 9.47. The fourth-order valence-corrected chi connectivity index (χ4v) is 4.34. The molecule has 4 nitrogen and oxygen atoms in total. The van der Waals surface area contributed by atoms with Crippen LogP contribution >= 0.6 is 0 Å². The first-order valence-electron chi connectivity index (χ1n) is 9.47. The fourth-order valence-electron chi connectivity index (χ4n) is 4.34. The molecule has 0 saturated heterocycles. The molecule has 1 amide bonds. The number of carbonyl (C=O) groups excluding carboxylic acids is 1. The van der Waals surface area contributed by atoms with Gasteiger partial charge in [0.05, 0.1) is 5.69 Å². The second-order valence-electron chi connectivity index (χ2n) is 7.64. The molecule has 128 valence electrons. The van der Waals surface area contributed by atoms with E-state index in [1.807, 2.05) is 13.1 Å². The Morgan fingerprint density at radius 2 is 1.87 bits per heavy atom. The highest BCUT2D eigenvalue weighted by Crippen LogP contribution is 2.33. The number of nitrogens with one attached hydrogen (secondary N) is 1. The Bertz CT molecular complexity index is 525. The van der Waals surface area contributed by atoms with Gasteiger partial charge in [-0.15, -0.1) is 0 Å². The van der Waals surface area contributed by atoms with Crippen molar-refractivity contribution in [2.45, 2.75) is 70.6 Å². The summed E-state index contributed by atoms with van der Waals surface area (Å²) in [6.45, 7) is 3.07. The van der Waals surface area contributed by atoms with Gasteiger partial charge in [-0.2, -0.15) is 5.10 Å². The molecule has 0 aromatic carbocycles. The zero-order chi connectivity index (χ0) is 16.2. The van der Waals surface area contributed by atoms with Crippen LogP contribution in [0.15, 0.2) is 6.07 Å². The Morgan fingerprint density at radius 3 is 2.57 bits per heavy atom. The first kappa shape index (κ1) is 16.5. The topological polar surface area (TPSA) is 46.9 Å². The molecule has 0 spiro atoms. The number of amides is 1. The molecule has 0 aliphatic heterocycles. The third kappa shape index (κ3) is 3.96. The summed E-state index contributed by atoms with van der Waals surface area (Å²) < 4.78 is 1.76. The zero-order valence-electron chi connectivity index (χ0n) is 14.7. The lowest BCUT2D eigenvalue weighted by Crippen LogP contribution is -2.33. The van der Waals surface area contributed by atoms with Gasteiger partial charge in [-0.25, -0.2) is 0 Å². The maximum Gasteiger partial charge on any atom is 0.269 e. The van der Waals surface area contributed by atoms with Crippen molar-refractivity contribution in [2.75, 3.05) is 6.54 Å². The second kappa shape index (κ2) is 7.50. The molecule has 1 heterocycles. The third-order valence-corrected chi connectivity index (χ3v) is 5.94. The number of rotatable bonds is 5.